The molecule has 2 aromatic rings. The highest BCUT2D eigenvalue weighted by Gasteiger charge is 2.33. The number of aldehydes is 1. The second-order valence-corrected chi connectivity index (χ2v) is 9.47. The lowest BCUT2D eigenvalue weighted by molar-refractivity contribution is 0.0521. The number of nitrogens with zero attached hydrogens (tertiary/aromatic N) is 1. The Hall–Kier alpha value is -2.29. The molecule has 2 unspecified atom stereocenters. The monoisotopic (exact) mass is 421 g/mol. The molecule has 0 saturated carbocycles. The number of carbonyl (C=O) groups excluding carboxylic acids is 1. The van der Waals surface area contributed by atoms with E-state index in [1.54, 1.807) is 36.4 Å². The maximum atomic E-state index is 13.5. The molecule has 0 radical (unpaired) electrons. The van der Waals surface area contributed by atoms with Crippen molar-refractivity contribution in [2.45, 2.75) is 25.1 Å². The summed E-state index contributed by atoms with van der Waals surface area (Å²) in [6.45, 7) is 0.434. The standard InChI is InChI=1S/C21H24FNO5S/c22-18-6-3-4-16(10-18)11-23(19-8-9-29(26,27)15-19)12-20(25)14-28-21-7-2-1-5-17(21)13-24/h1-7,10,13,19-20,25H,8-9,11-12,14-15H2. The molecule has 8 heteroatoms. The van der Waals surface area contributed by atoms with Crippen molar-refractivity contribution in [3.63, 3.8) is 0 Å². The van der Waals surface area contributed by atoms with Crippen molar-refractivity contribution in [3.05, 3.63) is 65.5 Å². The van der Waals surface area contributed by atoms with E-state index in [2.05, 4.69) is 0 Å². The zero-order valence-electron chi connectivity index (χ0n) is 15.9. The summed E-state index contributed by atoms with van der Waals surface area (Å²) in [7, 11) is -3.11. The first-order chi connectivity index (χ1) is 13.9. The van der Waals surface area contributed by atoms with Crippen LogP contribution in [0.5, 0.6) is 5.75 Å². The van der Waals surface area contributed by atoms with Gasteiger partial charge in [0.25, 0.3) is 0 Å². The number of carbonyl (C=O) groups is 1. The Morgan fingerprint density at radius 2 is 2.03 bits per heavy atom. The number of para-hydroxylation sites is 1. The summed E-state index contributed by atoms with van der Waals surface area (Å²) in [5.74, 6) is 0.137. The first kappa shape index (κ1) is 21.4. The number of aliphatic hydroxyl groups excluding tert-OH is 1. The predicted octanol–water partition coefficient (Wildman–Crippen LogP) is 2.07. The number of halogens is 1. The molecule has 1 fully saturated rings. The molecule has 0 bridgehead atoms. The largest absolute Gasteiger partial charge is 0.490 e. The maximum absolute atomic E-state index is 13.5. The molecule has 0 spiro atoms. The van der Waals surface area contributed by atoms with E-state index in [-0.39, 0.29) is 36.5 Å². The molecule has 2 aromatic carbocycles. The lowest BCUT2D eigenvalue weighted by atomic mass is 10.1. The SMILES string of the molecule is O=Cc1ccccc1OCC(O)CN(Cc1cccc(F)c1)C1CCS(=O)(=O)C1. The summed E-state index contributed by atoms with van der Waals surface area (Å²) in [4.78, 5) is 12.9. The van der Waals surface area contributed by atoms with E-state index in [1.807, 2.05) is 4.90 Å². The normalized spacial score (nSPS) is 19.2. The van der Waals surface area contributed by atoms with Crippen LogP contribution >= 0.6 is 0 Å². The van der Waals surface area contributed by atoms with Crippen LogP contribution in [0.2, 0.25) is 0 Å². The Labute approximate surface area is 169 Å². The number of aliphatic hydroxyl groups is 1. The molecule has 6 nitrogen and oxygen atoms in total. The minimum absolute atomic E-state index is 0.0177. The van der Waals surface area contributed by atoms with E-state index >= 15 is 0 Å². The van der Waals surface area contributed by atoms with Gasteiger partial charge in [0.1, 0.15) is 24.3 Å². The van der Waals surface area contributed by atoms with Crippen molar-refractivity contribution in [2.75, 3.05) is 24.7 Å². The number of ether oxygens (including phenoxy) is 1. The number of benzene rings is 2. The second-order valence-electron chi connectivity index (χ2n) is 7.24. The second kappa shape index (κ2) is 9.47. The zero-order chi connectivity index (χ0) is 20.9. The van der Waals surface area contributed by atoms with E-state index in [0.29, 0.717) is 36.1 Å². The fraction of sp³-hybridized carbons (Fsp3) is 0.381. The first-order valence-corrected chi connectivity index (χ1v) is 11.2. The third-order valence-electron chi connectivity index (χ3n) is 4.92. The van der Waals surface area contributed by atoms with Gasteiger partial charge in [-0.05, 0) is 36.2 Å². The number of hydrogen-bond acceptors (Lipinski definition) is 6. The lowest BCUT2D eigenvalue weighted by Gasteiger charge is -2.30. The molecule has 0 aromatic heterocycles. The molecule has 1 N–H and O–H groups in total. The third-order valence-corrected chi connectivity index (χ3v) is 6.67. The van der Waals surface area contributed by atoms with Crippen LogP contribution in [0.3, 0.4) is 0 Å². The Bertz CT molecular complexity index is 950. The van der Waals surface area contributed by atoms with Gasteiger partial charge in [-0.3, -0.25) is 9.69 Å². The molecule has 1 aliphatic rings. The summed E-state index contributed by atoms with van der Waals surface area (Å²) in [6, 6.07) is 12.6. The van der Waals surface area contributed by atoms with Crippen LogP contribution in [-0.2, 0) is 16.4 Å². The molecule has 156 valence electrons. The van der Waals surface area contributed by atoms with Gasteiger partial charge < -0.3 is 9.84 Å². The van der Waals surface area contributed by atoms with E-state index in [4.69, 9.17) is 4.74 Å². The molecule has 1 aliphatic heterocycles. The maximum Gasteiger partial charge on any atom is 0.153 e. The fourth-order valence-corrected chi connectivity index (χ4v) is 5.26. The minimum Gasteiger partial charge on any atom is -0.490 e. The summed E-state index contributed by atoms with van der Waals surface area (Å²) >= 11 is 0. The van der Waals surface area contributed by atoms with Crippen LogP contribution in [0.25, 0.3) is 0 Å². The highest BCUT2D eigenvalue weighted by molar-refractivity contribution is 7.91. The first-order valence-electron chi connectivity index (χ1n) is 9.40. The molecule has 29 heavy (non-hydrogen) atoms. The van der Waals surface area contributed by atoms with Crippen molar-refractivity contribution in [2.24, 2.45) is 0 Å². The molecule has 0 aliphatic carbocycles. The van der Waals surface area contributed by atoms with Gasteiger partial charge in [-0.15, -0.1) is 0 Å². The van der Waals surface area contributed by atoms with Crippen LogP contribution in [-0.4, -0.2) is 61.5 Å². The van der Waals surface area contributed by atoms with Crippen molar-refractivity contribution >= 4 is 16.1 Å². The molecule has 2 atom stereocenters. The number of sulfone groups is 1. The number of hydrogen-bond donors (Lipinski definition) is 1. The summed E-state index contributed by atoms with van der Waals surface area (Å²) in [5, 5.41) is 10.5. The Balaban J connectivity index is 1.67. The van der Waals surface area contributed by atoms with Gasteiger partial charge in [0.15, 0.2) is 16.1 Å². The Morgan fingerprint density at radius 3 is 2.72 bits per heavy atom. The average molecular weight is 421 g/mol. The summed E-state index contributed by atoms with van der Waals surface area (Å²) in [5.41, 5.74) is 1.09. The van der Waals surface area contributed by atoms with Gasteiger partial charge in [-0.25, -0.2) is 12.8 Å². The van der Waals surface area contributed by atoms with E-state index in [9.17, 15) is 22.7 Å². The molecular formula is C21H24FNO5S. The number of rotatable bonds is 9. The smallest absolute Gasteiger partial charge is 0.153 e. The average Bonchev–Trinajstić information content (AvgIpc) is 3.06. The summed E-state index contributed by atoms with van der Waals surface area (Å²) < 4.78 is 42.9. The van der Waals surface area contributed by atoms with Crippen LogP contribution in [0.15, 0.2) is 48.5 Å². The highest BCUT2D eigenvalue weighted by atomic mass is 32.2. The zero-order valence-corrected chi connectivity index (χ0v) is 16.7. The van der Waals surface area contributed by atoms with Crippen molar-refractivity contribution < 1.29 is 27.4 Å². The van der Waals surface area contributed by atoms with Gasteiger partial charge in [-0.2, -0.15) is 0 Å². The van der Waals surface area contributed by atoms with E-state index in [1.165, 1.54) is 12.1 Å². The Kier molecular flexibility index (Phi) is 7.00. The minimum atomic E-state index is -3.11. The van der Waals surface area contributed by atoms with Crippen LogP contribution < -0.4 is 4.74 Å². The van der Waals surface area contributed by atoms with Crippen molar-refractivity contribution in [1.29, 1.82) is 0 Å². The van der Waals surface area contributed by atoms with Gasteiger partial charge in [-0.1, -0.05) is 24.3 Å². The molecule has 0 amide bonds. The molecule has 3 rings (SSSR count). The highest BCUT2D eigenvalue weighted by Crippen LogP contribution is 2.21. The van der Waals surface area contributed by atoms with Gasteiger partial charge in [0.05, 0.1) is 17.1 Å². The van der Waals surface area contributed by atoms with Crippen LogP contribution in [0.4, 0.5) is 4.39 Å². The molecule has 1 heterocycles. The topological polar surface area (TPSA) is 83.9 Å². The lowest BCUT2D eigenvalue weighted by Crippen LogP contribution is -2.42. The van der Waals surface area contributed by atoms with Gasteiger partial charge >= 0.3 is 0 Å². The van der Waals surface area contributed by atoms with Crippen LogP contribution in [0, 0.1) is 5.82 Å². The summed E-state index contributed by atoms with van der Waals surface area (Å²) in [6.07, 6.45) is 0.243. The van der Waals surface area contributed by atoms with E-state index in [0.717, 1.165) is 0 Å². The van der Waals surface area contributed by atoms with Crippen molar-refractivity contribution in [1.82, 2.24) is 4.90 Å². The quantitative estimate of drug-likeness (QED) is 0.624. The predicted molar refractivity (Wildman–Crippen MR) is 107 cm³/mol. The Morgan fingerprint density at radius 1 is 1.24 bits per heavy atom. The van der Waals surface area contributed by atoms with Crippen LogP contribution in [0.1, 0.15) is 22.3 Å². The van der Waals surface area contributed by atoms with Gasteiger partial charge in [0.2, 0.25) is 0 Å². The molecular weight excluding hydrogens is 397 g/mol. The third kappa shape index (κ3) is 6.09. The van der Waals surface area contributed by atoms with E-state index < -0.39 is 15.9 Å². The molecule has 1 saturated heterocycles. The van der Waals surface area contributed by atoms with Gasteiger partial charge in [0, 0.05) is 19.1 Å². The van der Waals surface area contributed by atoms with Crippen molar-refractivity contribution in [3.8, 4) is 5.75 Å². The fourth-order valence-electron chi connectivity index (χ4n) is 3.49.